The van der Waals surface area contributed by atoms with Gasteiger partial charge < -0.3 is 41.4 Å². The SMILES string of the molecule is CCCCC(C(=O)NCc1ccccc1)C(=O)NC[C@H](O)C(CC(C)C)N(C(=O)[C@H](Cc1ccccc1)NC(=O)OC(C)(C)C)[C@@H](Cc1c[nH]cn1)C(N)=O. The topological polar surface area (TPSA) is 209 Å². The van der Waals surface area contributed by atoms with E-state index in [1.807, 2.05) is 57.2 Å². The molecule has 0 radical (unpaired) electrons. The van der Waals surface area contributed by atoms with Crippen molar-refractivity contribution in [3.8, 4) is 0 Å². The zero-order valence-electron chi connectivity index (χ0n) is 32.9. The fourth-order valence-corrected chi connectivity index (χ4v) is 6.27. The predicted molar refractivity (Wildman–Crippen MR) is 209 cm³/mol. The summed E-state index contributed by atoms with van der Waals surface area (Å²) in [5.41, 5.74) is 7.20. The molecule has 1 aromatic heterocycles. The molecule has 0 aliphatic carbocycles. The second kappa shape index (κ2) is 21.6. The molecular formula is C41H59N7O7. The molecule has 14 heteroatoms. The van der Waals surface area contributed by atoms with Gasteiger partial charge in [0.15, 0.2) is 0 Å². The normalized spacial score (nSPS) is 14.2. The highest BCUT2D eigenvalue weighted by atomic mass is 16.6. The Balaban J connectivity index is 1.99. The molecule has 0 saturated heterocycles. The van der Waals surface area contributed by atoms with E-state index in [0.717, 1.165) is 17.5 Å². The van der Waals surface area contributed by atoms with Gasteiger partial charge in [0.05, 0.1) is 24.2 Å². The van der Waals surface area contributed by atoms with Crippen LogP contribution in [0.2, 0.25) is 0 Å². The molecule has 1 heterocycles. The number of carbonyl (C=O) groups excluding carboxylic acids is 5. The first-order valence-corrected chi connectivity index (χ1v) is 19.0. The lowest BCUT2D eigenvalue weighted by Crippen LogP contribution is -2.63. The van der Waals surface area contributed by atoms with E-state index in [-0.39, 0.29) is 38.3 Å². The van der Waals surface area contributed by atoms with Crippen molar-refractivity contribution in [3.63, 3.8) is 0 Å². The number of ether oxygens (including phenoxy) is 1. The number of aromatic amines is 1. The number of unbranched alkanes of at least 4 members (excludes halogenated alkanes) is 1. The fourth-order valence-electron chi connectivity index (χ4n) is 6.27. The number of aliphatic hydroxyl groups excluding tert-OH is 1. The Bertz CT molecular complexity index is 1650. The van der Waals surface area contributed by atoms with Crippen molar-refractivity contribution >= 4 is 29.7 Å². The van der Waals surface area contributed by atoms with E-state index in [9.17, 15) is 29.1 Å². The largest absolute Gasteiger partial charge is 0.444 e. The number of imidazole rings is 1. The number of amides is 5. The second-order valence-corrected chi connectivity index (χ2v) is 15.2. The molecule has 0 fully saturated rings. The van der Waals surface area contributed by atoms with Crippen LogP contribution in [0.15, 0.2) is 73.2 Å². The number of nitrogens with zero attached hydrogens (tertiary/aromatic N) is 2. The minimum absolute atomic E-state index is 0.0295. The second-order valence-electron chi connectivity index (χ2n) is 15.2. The van der Waals surface area contributed by atoms with Gasteiger partial charge in [-0.3, -0.25) is 19.2 Å². The molecule has 5 amide bonds. The van der Waals surface area contributed by atoms with Gasteiger partial charge in [-0.15, -0.1) is 0 Å². The van der Waals surface area contributed by atoms with Gasteiger partial charge in [0.25, 0.3) is 0 Å². The third-order valence-electron chi connectivity index (χ3n) is 8.94. The van der Waals surface area contributed by atoms with Crippen molar-refractivity contribution in [2.45, 2.75) is 116 Å². The van der Waals surface area contributed by atoms with E-state index in [2.05, 4.69) is 25.9 Å². The standard InChI is InChI=1S/C41H59N7O7/c1-7-8-19-31(37(51)44-23-29-17-13-10-14-18-29)38(52)45-25-35(49)33(20-27(2)3)48(34(36(42)50)22-30-24-43-26-46-30)39(53)32(21-28-15-11-9-12-16-28)47-40(54)55-41(4,5)6/h9-18,24,26-27,31-35,49H,7-8,19-23,25H2,1-6H3,(H2,42,50)(H,43,46)(H,44,51)(H,45,52)(H,47,54)/t31?,32-,33?,34-,35-/m0/s1. The number of aliphatic hydroxyl groups is 1. The number of rotatable bonds is 21. The number of nitrogens with one attached hydrogen (secondary N) is 4. The highest BCUT2D eigenvalue weighted by Gasteiger charge is 2.42. The highest BCUT2D eigenvalue weighted by Crippen LogP contribution is 2.23. The number of H-pyrrole nitrogens is 1. The third kappa shape index (κ3) is 14.8. The van der Waals surface area contributed by atoms with Gasteiger partial charge in [-0.25, -0.2) is 9.78 Å². The van der Waals surface area contributed by atoms with Crippen molar-refractivity contribution in [2.75, 3.05) is 6.54 Å². The summed E-state index contributed by atoms with van der Waals surface area (Å²) in [5.74, 6) is -3.70. The summed E-state index contributed by atoms with van der Waals surface area (Å²) >= 11 is 0. The summed E-state index contributed by atoms with van der Waals surface area (Å²) in [6.07, 6.45) is 2.55. The van der Waals surface area contributed by atoms with Crippen LogP contribution in [0.4, 0.5) is 4.79 Å². The Morgan fingerprint density at radius 3 is 2.09 bits per heavy atom. The number of benzene rings is 2. The molecule has 0 spiro atoms. The Morgan fingerprint density at radius 2 is 1.55 bits per heavy atom. The van der Waals surface area contributed by atoms with Gasteiger partial charge in [-0.1, -0.05) is 94.3 Å². The molecular weight excluding hydrogens is 702 g/mol. The lowest BCUT2D eigenvalue weighted by atomic mass is 9.92. The molecule has 3 rings (SSSR count). The minimum Gasteiger partial charge on any atom is -0.444 e. The maximum Gasteiger partial charge on any atom is 0.408 e. The summed E-state index contributed by atoms with van der Waals surface area (Å²) in [6.45, 7) is 10.7. The molecule has 7 N–H and O–H groups in total. The monoisotopic (exact) mass is 761 g/mol. The molecule has 3 aromatic rings. The predicted octanol–water partition coefficient (Wildman–Crippen LogP) is 3.79. The van der Waals surface area contributed by atoms with Crippen LogP contribution >= 0.6 is 0 Å². The molecule has 0 aliphatic rings. The van der Waals surface area contributed by atoms with Gasteiger partial charge in [0.1, 0.15) is 23.6 Å². The van der Waals surface area contributed by atoms with Crippen LogP contribution in [0.5, 0.6) is 0 Å². The number of alkyl carbamates (subject to hydrolysis) is 1. The van der Waals surface area contributed by atoms with E-state index in [1.54, 1.807) is 51.2 Å². The van der Waals surface area contributed by atoms with E-state index in [4.69, 9.17) is 10.5 Å². The summed E-state index contributed by atoms with van der Waals surface area (Å²) in [4.78, 5) is 76.8. The van der Waals surface area contributed by atoms with Crippen LogP contribution in [-0.2, 0) is 43.3 Å². The van der Waals surface area contributed by atoms with Gasteiger partial charge in [-0.2, -0.15) is 0 Å². The van der Waals surface area contributed by atoms with Gasteiger partial charge in [0.2, 0.25) is 23.6 Å². The summed E-state index contributed by atoms with van der Waals surface area (Å²) in [5, 5.41) is 20.2. The summed E-state index contributed by atoms with van der Waals surface area (Å²) < 4.78 is 5.52. The van der Waals surface area contributed by atoms with Crippen LogP contribution in [0.1, 0.15) is 84.0 Å². The number of nitrogens with two attached hydrogens (primary N) is 1. The highest BCUT2D eigenvalue weighted by molar-refractivity contribution is 6.00. The van der Waals surface area contributed by atoms with E-state index < -0.39 is 65.5 Å². The Morgan fingerprint density at radius 1 is 0.927 bits per heavy atom. The number of hydrogen-bond donors (Lipinski definition) is 6. The van der Waals surface area contributed by atoms with Crippen LogP contribution in [0, 0.1) is 11.8 Å². The molecule has 300 valence electrons. The number of aromatic nitrogens is 2. The fraction of sp³-hybridized carbons (Fsp3) is 0.512. The smallest absolute Gasteiger partial charge is 0.408 e. The van der Waals surface area contributed by atoms with Crippen LogP contribution in [-0.4, -0.2) is 86.1 Å². The van der Waals surface area contributed by atoms with Crippen molar-refractivity contribution < 1.29 is 33.8 Å². The first-order chi connectivity index (χ1) is 26.1. The number of hydrogen-bond acceptors (Lipinski definition) is 8. The van der Waals surface area contributed by atoms with E-state index in [1.165, 1.54) is 11.2 Å². The third-order valence-corrected chi connectivity index (χ3v) is 8.94. The van der Waals surface area contributed by atoms with Crippen LogP contribution in [0.25, 0.3) is 0 Å². The average molecular weight is 762 g/mol. The lowest BCUT2D eigenvalue weighted by Gasteiger charge is -2.41. The van der Waals surface area contributed by atoms with Gasteiger partial charge in [0, 0.05) is 32.1 Å². The zero-order chi connectivity index (χ0) is 40.5. The Labute approximate surface area is 324 Å². The molecule has 14 nitrogen and oxygen atoms in total. The van der Waals surface area contributed by atoms with E-state index >= 15 is 0 Å². The van der Waals surface area contributed by atoms with Crippen LogP contribution < -0.4 is 21.7 Å². The minimum atomic E-state index is -1.42. The molecule has 0 saturated carbocycles. The Hall–Kier alpha value is -5.24. The van der Waals surface area contributed by atoms with E-state index in [0.29, 0.717) is 18.5 Å². The first kappa shape index (κ1) is 44.2. The summed E-state index contributed by atoms with van der Waals surface area (Å²) in [7, 11) is 0. The molecule has 5 atom stereocenters. The number of carbonyl (C=O) groups is 5. The van der Waals surface area contributed by atoms with Gasteiger partial charge in [-0.05, 0) is 50.7 Å². The summed E-state index contributed by atoms with van der Waals surface area (Å²) in [6, 6.07) is 14.7. The van der Waals surface area contributed by atoms with Crippen LogP contribution in [0.3, 0.4) is 0 Å². The quantitative estimate of drug-likeness (QED) is 0.0879. The number of primary amides is 1. The van der Waals surface area contributed by atoms with Gasteiger partial charge >= 0.3 is 6.09 Å². The van der Waals surface area contributed by atoms with Crippen molar-refractivity contribution in [3.05, 3.63) is 90.0 Å². The molecule has 55 heavy (non-hydrogen) atoms. The molecule has 0 aliphatic heterocycles. The lowest BCUT2D eigenvalue weighted by molar-refractivity contribution is -0.147. The molecule has 2 aromatic carbocycles. The van der Waals surface area contributed by atoms with Crippen molar-refractivity contribution in [1.82, 2.24) is 30.8 Å². The maximum atomic E-state index is 15.0. The molecule has 0 bridgehead atoms. The maximum absolute atomic E-state index is 15.0. The van der Waals surface area contributed by atoms with Crippen molar-refractivity contribution in [2.24, 2.45) is 17.6 Å². The Kier molecular flexibility index (Phi) is 17.3. The molecule has 2 unspecified atom stereocenters. The zero-order valence-corrected chi connectivity index (χ0v) is 32.9. The first-order valence-electron chi connectivity index (χ1n) is 19.0. The van der Waals surface area contributed by atoms with Crippen molar-refractivity contribution in [1.29, 1.82) is 0 Å². The average Bonchev–Trinajstić information content (AvgIpc) is 3.65.